The van der Waals surface area contributed by atoms with Crippen LogP contribution in [0.3, 0.4) is 0 Å². The van der Waals surface area contributed by atoms with Crippen LogP contribution in [0.2, 0.25) is 0 Å². The maximum Gasteiger partial charge on any atom is 0.0433 e. The Labute approximate surface area is 90.0 Å². The van der Waals surface area contributed by atoms with E-state index < -0.39 is 0 Å². The molecule has 0 N–H and O–H groups in total. The third-order valence-electron chi connectivity index (χ3n) is 2.08. The summed E-state index contributed by atoms with van der Waals surface area (Å²) < 4.78 is 9.08. The second-order valence-electron chi connectivity index (χ2n) is 3.28. The molecule has 0 saturated heterocycles. The average molecular weight is 204 g/mol. The lowest BCUT2D eigenvalue weighted by atomic mass is 10.0. The van der Waals surface area contributed by atoms with Gasteiger partial charge in [-0.3, -0.25) is 0 Å². The highest BCUT2D eigenvalue weighted by atomic mass is 16.5. The van der Waals surface area contributed by atoms with Crippen LogP contribution in [-0.2, 0) is 9.47 Å². The van der Waals surface area contributed by atoms with Crippen molar-refractivity contribution in [1.82, 2.24) is 0 Å². The standard InChI is InChI=1S/C6H12.2C3H8O/c1-2-4-6-5-3-1;2*1-3-4-2/h1-6H2;2*3H2,1-2H3. The minimum Gasteiger partial charge on any atom is -0.385 e. The van der Waals surface area contributed by atoms with Gasteiger partial charge in [0.2, 0.25) is 0 Å². The van der Waals surface area contributed by atoms with Crippen molar-refractivity contribution >= 4 is 0 Å². The second-order valence-corrected chi connectivity index (χ2v) is 3.28. The quantitative estimate of drug-likeness (QED) is 0.683. The minimum atomic E-state index is 0.819. The predicted octanol–water partition coefficient (Wildman–Crippen LogP) is 3.65. The van der Waals surface area contributed by atoms with Crippen LogP contribution in [0.25, 0.3) is 0 Å². The topological polar surface area (TPSA) is 18.5 Å². The summed E-state index contributed by atoms with van der Waals surface area (Å²) in [7, 11) is 3.36. The molecule has 1 rings (SSSR count). The summed E-state index contributed by atoms with van der Waals surface area (Å²) in [6.45, 7) is 5.56. The summed E-state index contributed by atoms with van der Waals surface area (Å²) in [5.41, 5.74) is 0. The fourth-order valence-electron chi connectivity index (χ4n) is 1.06. The molecule has 0 atom stereocenters. The fourth-order valence-corrected chi connectivity index (χ4v) is 1.06. The molecule has 88 valence electrons. The molecule has 0 heterocycles. The van der Waals surface area contributed by atoms with Gasteiger partial charge in [-0.25, -0.2) is 0 Å². The number of rotatable bonds is 2. The molecule has 0 aromatic heterocycles. The Morgan fingerprint density at radius 1 is 0.643 bits per heavy atom. The first kappa shape index (κ1) is 16.4. The van der Waals surface area contributed by atoms with Gasteiger partial charge in [0.1, 0.15) is 0 Å². The van der Waals surface area contributed by atoms with Crippen LogP contribution < -0.4 is 0 Å². The summed E-state index contributed by atoms with van der Waals surface area (Å²) in [5, 5.41) is 0. The molecule has 1 aliphatic rings. The normalized spacial score (nSPS) is 14.6. The Hall–Kier alpha value is -0.0800. The monoisotopic (exact) mass is 204 g/mol. The van der Waals surface area contributed by atoms with Crippen molar-refractivity contribution in [3.05, 3.63) is 0 Å². The third kappa shape index (κ3) is 22.7. The molecule has 0 unspecified atom stereocenters. The van der Waals surface area contributed by atoms with Crippen LogP contribution in [-0.4, -0.2) is 27.4 Å². The van der Waals surface area contributed by atoms with Crippen molar-refractivity contribution in [3.8, 4) is 0 Å². The number of hydrogen-bond acceptors (Lipinski definition) is 2. The Kier molecular flexibility index (Phi) is 21.8. The summed E-state index contributed by atoms with van der Waals surface area (Å²) >= 11 is 0. The van der Waals surface area contributed by atoms with E-state index in [4.69, 9.17) is 0 Å². The van der Waals surface area contributed by atoms with Crippen molar-refractivity contribution in [1.29, 1.82) is 0 Å². The zero-order valence-electron chi connectivity index (χ0n) is 10.5. The molecule has 1 saturated carbocycles. The summed E-state index contributed by atoms with van der Waals surface area (Å²) in [4.78, 5) is 0. The zero-order chi connectivity index (χ0) is 11.1. The number of ether oxygens (including phenoxy) is 2. The van der Waals surface area contributed by atoms with Crippen molar-refractivity contribution in [2.75, 3.05) is 27.4 Å². The molecule has 2 nitrogen and oxygen atoms in total. The van der Waals surface area contributed by atoms with Crippen LogP contribution in [0.15, 0.2) is 0 Å². The van der Waals surface area contributed by atoms with Gasteiger partial charge in [0.25, 0.3) is 0 Å². The van der Waals surface area contributed by atoms with Gasteiger partial charge in [-0.15, -0.1) is 0 Å². The lowest BCUT2D eigenvalue weighted by Gasteiger charge is -2.05. The number of methoxy groups -OCH3 is 2. The maximum atomic E-state index is 4.54. The first-order chi connectivity index (χ1) is 6.83. The van der Waals surface area contributed by atoms with Crippen molar-refractivity contribution in [2.24, 2.45) is 0 Å². The zero-order valence-corrected chi connectivity index (χ0v) is 10.5. The van der Waals surface area contributed by atoms with E-state index in [0.29, 0.717) is 0 Å². The Bertz CT molecular complexity index is 51.2. The van der Waals surface area contributed by atoms with E-state index in [0.717, 1.165) is 13.2 Å². The van der Waals surface area contributed by atoms with Gasteiger partial charge in [0.05, 0.1) is 0 Å². The largest absolute Gasteiger partial charge is 0.385 e. The fraction of sp³-hybridized carbons (Fsp3) is 1.00. The van der Waals surface area contributed by atoms with Crippen LogP contribution in [0.1, 0.15) is 52.4 Å². The third-order valence-corrected chi connectivity index (χ3v) is 2.08. The molecule has 2 heteroatoms. The lowest BCUT2D eigenvalue weighted by Crippen LogP contribution is -1.85. The van der Waals surface area contributed by atoms with Gasteiger partial charge in [-0.05, 0) is 13.8 Å². The van der Waals surface area contributed by atoms with E-state index in [9.17, 15) is 0 Å². The first-order valence-corrected chi connectivity index (χ1v) is 5.81. The molecular formula is C12H28O2. The highest BCUT2D eigenvalue weighted by Gasteiger charge is 1.95. The highest BCUT2D eigenvalue weighted by Crippen LogP contribution is 2.15. The van der Waals surface area contributed by atoms with E-state index >= 15 is 0 Å². The minimum absolute atomic E-state index is 0.819. The summed E-state index contributed by atoms with van der Waals surface area (Å²) in [6, 6.07) is 0. The van der Waals surface area contributed by atoms with Gasteiger partial charge >= 0.3 is 0 Å². The van der Waals surface area contributed by atoms with Gasteiger partial charge in [-0.1, -0.05) is 38.5 Å². The molecule has 0 amide bonds. The molecule has 0 spiro atoms. The number of hydrogen-bond donors (Lipinski definition) is 0. The molecule has 1 aliphatic carbocycles. The van der Waals surface area contributed by atoms with E-state index in [-0.39, 0.29) is 0 Å². The SMILES string of the molecule is C1CCCCC1.CCOC.CCOC. The van der Waals surface area contributed by atoms with Crippen LogP contribution in [0, 0.1) is 0 Å². The van der Waals surface area contributed by atoms with E-state index in [1.165, 1.54) is 38.5 Å². The first-order valence-electron chi connectivity index (χ1n) is 5.81. The molecule has 14 heavy (non-hydrogen) atoms. The highest BCUT2D eigenvalue weighted by molar-refractivity contribution is 4.51. The molecule has 0 aromatic rings. The van der Waals surface area contributed by atoms with Crippen LogP contribution >= 0.6 is 0 Å². The van der Waals surface area contributed by atoms with E-state index in [1.54, 1.807) is 14.2 Å². The van der Waals surface area contributed by atoms with Gasteiger partial charge in [0.15, 0.2) is 0 Å². The molecule has 0 radical (unpaired) electrons. The average Bonchev–Trinajstić information content (AvgIpc) is 2.32. The van der Waals surface area contributed by atoms with Gasteiger partial charge in [-0.2, -0.15) is 0 Å². The molecule has 0 aliphatic heterocycles. The molecule has 0 aromatic carbocycles. The van der Waals surface area contributed by atoms with Crippen LogP contribution in [0.4, 0.5) is 0 Å². The maximum absolute atomic E-state index is 4.54. The smallest absolute Gasteiger partial charge is 0.0433 e. The van der Waals surface area contributed by atoms with E-state index in [1.807, 2.05) is 13.8 Å². The van der Waals surface area contributed by atoms with Gasteiger partial charge in [0, 0.05) is 27.4 Å². The van der Waals surface area contributed by atoms with Crippen molar-refractivity contribution < 1.29 is 9.47 Å². The van der Waals surface area contributed by atoms with Crippen molar-refractivity contribution in [2.45, 2.75) is 52.4 Å². The lowest BCUT2D eigenvalue weighted by molar-refractivity contribution is 0.215. The summed E-state index contributed by atoms with van der Waals surface area (Å²) in [6.07, 6.45) is 9.00. The Balaban J connectivity index is 0. The molecule has 0 bridgehead atoms. The second kappa shape index (κ2) is 18.7. The molecular weight excluding hydrogens is 176 g/mol. The molecule has 1 fully saturated rings. The Morgan fingerprint density at radius 2 is 0.786 bits per heavy atom. The van der Waals surface area contributed by atoms with Gasteiger partial charge < -0.3 is 9.47 Å². The van der Waals surface area contributed by atoms with E-state index in [2.05, 4.69) is 9.47 Å². The predicted molar refractivity (Wildman–Crippen MR) is 62.8 cm³/mol. The van der Waals surface area contributed by atoms with Crippen molar-refractivity contribution in [3.63, 3.8) is 0 Å². The van der Waals surface area contributed by atoms with Crippen LogP contribution in [0.5, 0.6) is 0 Å². The Morgan fingerprint density at radius 3 is 0.857 bits per heavy atom. The summed E-state index contributed by atoms with van der Waals surface area (Å²) in [5.74, 6) is 0.